The van der Waals surface area contributed by atoms with Crippen LogP contribution in [0.15, 0.2) is 41.9 Å². The minimum atomic E-state index is 0.0840. The van der Waals surface area contributed by atoms with E-state index >= 15 is 0 Å². The predicted octanol–water partition coefficient (Wildman–Crippen LogP) is 4.90. The molecule has 0 radical (unpaired) electrons. The lowest BCUT2D eigenvalue weighted by atomic mass is 10.1. The highest BCUT2D eigenvalue weighted by atomic mass is 35.5. The summed E-state index contributed by atoms with van der Waals surface area (Å²) in [5.74, 6) is 0.0840. The number of pyridine rings is 1. The van der Waals surface area contributed by atoms with Crippen molar-refractivity contribution in [3.8, 4) is 11.3 Å². The van der Waals surface area contributed by atoms with Crippen LogP contribution >= 0.6 is 22.9 Å². The molecule has 1 atom stereocenters. The number of thiazole rings is 1. The molecule has 1 aliphatic heterocycles. The highest BCUT2D eigenvalue weighted by molar-refractivity contribution is 7.14. The van der Waals surface area contributed by atoms with Gasteiger partial charge >= 0.3 is 0 Å². The van der Waals surface area contributed by atoms with Crippen LogP contribution in [-0.2, 0) is 11.2 Å². The molecule has 3 heterocycles. The molecule has 26 heavy (non-hydrogen) atoms. The third-order valence-corrected chi connectivity index (χ3v) is 5.39. The van der Waals surface area contributed by atoms with Crippen molar-refractivity contribution >= 4 is 45.4 Å². The summed E-state index contributed by atoms with van der Waals surface area (Å²) in [5.41, 5.74) is 5.01. The van der Waals surface area contributed by atoms with Gasteiger partial charge in [-0.15, -0.1) is 11.3 Å². The fourth-order valence-electron chi connectivity index (χ4n) is 3.31. The van der Waals surface area contributed by atoms with Gasteiger partial charge in [-0.05, 0) is 43.2 Å². The van der Waals surface area contributed by atoms with Gasteiger partial charge in [-0.1, -0.05) is 17.7 Å². The fourth-order valence-corrected chi connectivity index (χ4v) is 4.16. The fraction of sp³-hybridized carbons (Fsp3) is 0.211. The maximum Gasteiger partial charge on any atom is 0.224 e. The third-order valence-electron chi connectivity index (χ3n) is 4.41. The summed E-state index contributed by atoms with van der Waals surface area (Å²) in [6.45, 7) is 3.69. The van der Waals surface area contributed by atoms with Crippen molar-refractivity contribution in [2.75, 3.05) is 10.2 Å². The molecule has 0 aliphatic carbocycles. The predicted molar refractivity (Wildman–Crippen MR) is 106 cm³/mol. The smallest absolute Gasteiger partial charge is 0.224 e. The number of nitrogens with zero attached hydrogens (tertiary/aromatic N) is 3. The number of rotatable bonds is 3. The molecular formula is C19H17ClN4OS. The van der Waals surface area contributed by atoms with Crippen LogP contribution in [0.1, 0.15) is 19.4 Å². The molecule has 5 nitrogen and oxygen atoms in total. The summed E-state index contributed by atoms with van der Waals surface area (Å²) >= 11 is 7.34. The highest BCUT2D eigenvalue weighted by Gasteiger charge is 2.29. The lowest BCUT2D eigenvalue weighted by Gasteiger charge is -2.20. The maximum absolute atomic E-state index is 11.9. The Balaban J connectivity index is 1.58. The monoisotopic (exact) mass is 384 g/mol. The molecule has 1 aromatic carbocycles. The van der Waals surface area contributed by atoms with Crippen molar-refractivity contribution < 1.29 is 4.79 Å². The molecule has 132 valence electrons. The topological polar surface area (TPSA) is 58.1 Å². The number of aromatic nitrogens is 2. The molecule has 2 aromatic heterocycles. The Morgan fingerprint density at radius 1 is 1.35 bits per heavy atom. The van der Waals surface area contributed by atoms with Gasteiger partial charge < -0.3 is 10.2 Å². The Morgan fingerprint density at radius 2 is 2.19 bits per heavy atom. The van der Waals surface area contributed by atoms with Crippen LogP contribution in [0.25, 0.3) is 11.3 Å². The minimum absolute atomic E-state index is 0.0840. The molecule has 0 bridgehead atoms. The van der Waals surface area contributed by atoms with E-state index in [9.17, 15) is 4.79 Å². The van der Waals surface area contributed by atoms with E-state index in [1.165, 1.54) is 16.9 Å². The quantitative estimate of drug-likeness (QED) is 0.652. The van der Waals surface area contributed by atoms with Gasteiger partial charge in [0, 0.05) is 29.6 Å². The van der Waals surface area contributed by atoms with Crippen molar-refractivity contribution in [3.63, 3.8) is 0 Å². The first-order valence-corrected chi connectivity index (χ1v) is 9.54. The van der Waals surface area contributed by atoms with Crippen LogP contribution in [0.4, 0.5) is 16.5 Å². The van der Waals surface area contributed by atoms with E-state index in [2.05, 4.69) is 28.3 Å². The number of carbonyl (C=O) groups excluding carboxylic acids is 1. The van der Waals surface area contributed by atoms with Gasteiger partial charge in [0.25, 0.3) is 0 Å². The van der Waals surface area contributed by atoms with Crippen LogP contribution in [0.3, 0.4) is 0 Å². The highest BCUT2D eigenvalue weighted by Crippen LogP contribution is 2.36. The zero-order valence-electron chi connectivity index (χ0n) is 14.4. The van der Waals surface area contributed by atoms with E-state index in [4.69, 9.17) is 11.6 Å². The van der Waals surface area contributed by atoms with E-state index in [1.807, 2.05) is 28.5 Å². The molecule has 1 aliphatic rings. The molecule has 0 fully saturated rings. The van der Waals surface area contributed by atoms with E-state index in [0.29, 0.717) is 5.15 Å². The lowest BCUT2D eigenvalue weighted by Crippen LogP contribution is -2.33. The minimum Gasteiger partial charge on any atom is -0.330 e. The number of hydrogen-bond acceptors (Lipinski definition) is 5. The normalized spacial score (nSPS) is 15.8. The number of benzene rings is 1. The van der Waals surface area contributed by atoms with Gasteiger partial charge in [0.15, 0.2) is 5.13 Å². The second-order valence-electron chi connectivity index (χ2n) is 6.32. The average molecular weight is 385 g/mol. The van der Waals surface area contributed by atoms with Crippen LogP contribution in [0, 0.1) is 0 Å². The van der Waals surface area contributed by atoms with Gasteiger partial charge in [-0.3, -0.25) is 4.79 Å². The largest absolute Gasteiger partial charge is 0.330 e. The van der Waals surface area contributed by atoms with Crippen LogP contribution < -0.4 is 10.2 Å². The van der Waals surface area contributed by atoms with Gasteiger partial charge in [0.05, 0.1) is 17.6 Å². The molecule has 4 rings (SSSR count). The standard InChI is InChI=1S/C19H17ClN4OS/c1-11-7-14-8-13(3-5-17(14)24(11)12(2)25)16-10-26-19(23-16)22-15-4-6-18(20)21-9-15/h3-6,8-11H,7H2,1-2H3,(H,22,23). The first kappa shape index (κ1) is 17.0. The number of amides is 1. The Labute approximate surface area is 160 Å². The van der Waals surface area contributed by atoms with E-state index in [1.54, 1.807) is 19.2 Å². The number of carbonyl (C=O) groups is 1. The number of anilines is 3. The summed E-state index contributed by atoms with van der Waals surface area (Å²) in [7, 11) is 0. The average Bonchev–Trinajstić information content (AvgIpc) is 3.19. The molecule has 1 unspecified atom stereocenters. The molecule has 3 aromatic rings. The first-order valence-electron chi connectivity index (χ1n) is 8.28. The number of nitrogens with one attached hydrogen (secondary N) is 1. The summed E-state index contributed by atoms with van der Waals surface area (Å²) < 4.78 is 0. The van der Waals surface area contributed by atoms with Crippen LogP contribution in [-0.4, -0.2) is 21.9 Å². The Hall–Kier alpha value is -2.44. The van der Waals surface area contributed by atoms with Crippen LogP contribution in [0.5, 0.6) is 0 Å². The summed E-state index contributed by atoms with van der Waals surface area (Å²) in [6.07, 6.45) is 2.55. The zero-order chi connectivity index (χ0) is 18.3. The molecule has 1 N–H and O–H groups in total. The maximum atomic E-state index is 11.9. The SMILES string of the molecule is CC(=O)N1c2ccc(-c3csc(Nc4ccc(Cl)nc4)n3)cc2CC1C. The van der Waals surface area contributed by atoms with Crippen molar-refractivity contribution in [2.24, 2.45) is 0 Å². The molecule has 0 spiro atoms. The number of fused-ring (bicyclic) bond motifs is 1. The molecule has 7 heteroatoms. The van der Waals surface area contributed by atoms with Crippen molar-refractivity contribution in [3.05, 3.63) is 52.6 Å². The lowest BCUT2D eigenvalue weighted by molar-refractivity contribution is -0.116. The summed E-state index contributed by atoms with van der Waals surface area (Å²) in [6, 6.07) is 9.98. The molecular weight excluding hydrogens is 368 g/mol. The van der Waals surface area contributed by atoms with E-state index < -0.39 is 0 Å². The second-order valence-corrected chi connectivity index (χ2v) is 7.56. The van der Waals surface area contributed by atoms with Gasteiger partial charge in [0.2, 0.25) is 5.91 Å². The molecule has 0 saturated heterocycles. The molecule has 0 saturated carbocycles. The van der Waals surface area contributed by atoms with E-state index in [-0.39, 0.29) is 11.9 Å². The van der Waals surface area contributed by atoms with Crippen molar-refractivity contribution in [2.45, 2.75) is 26.3 Å². The zero-order valence-corrected chi connectivity index (χ0v) is 15.9. The number of hydrogen-bond donors (Lipinski definition) is 1. The number of halogens is 1. The third kappa shape index (κ3) is 3.18. The van der Waals surface area contributed by atoms with Gasteiger partial charge in [-0.2, -0.15) is 0 Å². The molecule has 1 amide bonds. The Kier molecular flexibility index (Phi) is 4.38. The second kappa shape index (κ2) is 6.70. The first-order chi connectivity index (χ1) is 12.5. The van der Waals surface area contributed by atoms with Crippen LogP contribution in [0.2, 0.25) is 5.15 Å². The Bertz CT molecular complexity index is 970. The summed E-state index contributed by atoms with van der Waals surface area (Å²) in [5, 5.41) is 6.51. The van der Waals surface area contributed by atoms with Gasteiger partial charge in [0.1, 0.15) is 5.15 Å². The van der Waals surface area contributed by atoms with Gasteiger partial charge in [-0.25, -0.2) is 9.97 Å². The van der Waals surface area contributed by atoms with Crippen molar-refractivity contribution in [1.29, 1.82) is 0 Å². The summed E-state index contributed by atoms with van der Waals surface area (Å²) in [4.78, 5) is 22.4. The van der Waals surface area contributed by atoms with Crippen molar-refractivity contribution in [1.82, 2.24) is 9.97 Å². The van der Waals surface area contributed by atoms with E-state index in [0.717, 1.165) is 34.2 Å². The Morgan fingerprint density at radius 3 is 2.92 bits per heavy atom.